The van der Waals surface area contributed by atoms with Crippen LogP contribution >= 0.6 is 0 Å². The summed E-state index contributed by atoms with van der Waals surface area (Å²) in [4.78, 5) is 0. The topological polar surface area (TPSA) is 86.2 Å². The molecule has 0 atom stereocenters. The van der Waals surface area contributed by atoms with E-state index in [9.17, 15) is 8.42 Å². The van der Waals surface area contributed by atoms with Crippen LogP contribution in [0.5, 0.6) is 0 Å². The van der Waals surface area contributed by atoms with Gasteiger partial charge in [0.1, 0.15) is 0 Å². The van der Waals surface area contributed by atoms with Crippen molar-refractivity contribution in [1.29, 1.82) is 0 Å². The molecule has 0 aromatic rings. The van der Waals surface area contributed by atoms with Crippen LogP contribution in [0.2, 0.25) is 0 Å². The lowest BCUT2D eigenvalue weighted by atomic mass is 9.77. The minimum Gasteiger partial charge on any atom is -0.330 e. The van der Waals surface area contributed by atoms with Crippen molar-refractivity contribution in [3.05, 3.63) is 0 Å². The highest BCUT2D eigenvalue weighted by molar-refractivity contribution is 7.89. The van der Waals surface area contributed by atoms with E-state index in [1.807, 2.05) is 0 Å². The Morgan fingerprint density at radius 3 is 2.06 bits per heavy atom. The van der Waals surface area contributed by atoms with Crippen LogP contribution < -0.4 is 10.9 Å². The van der Waals surface area contributed by atoms with Crippen LogP contribution in [0.3, 0.4) is 0 Å². The van der Waals surface area contributed by atoms with Gasteiger partial charge in [-0.3, -0.25) is 0 Å². The molecule has 1 aliphatic rings. The first-order valence-electron chi connectivity index (χ1n) is 6.18. The predicted octanol–water partition coefficient (Wildman–Crippen LogP) is 1.35. The molecule has 1 aliphatic carbocycles. The van der Waals surface area contributed by atoms with Crippen molar-refractivity contribution in [1.82, 2.24) is 0 Å². The standard InChI is InChI=1S/C11H24N2O2S/c12-10-11(6-3-1-2-4-7-11)8-5-9-16(13,14)15/h1-10,12H2,(H2,13,14,15). The molecule has 0 amide bonds. The van der Waals surface area contributed by atoms with Gasteiger partial charge in [0, 0.05) is 0 Å². The monoisotopic (exact) mass is 248 g/mol. The van der Waals surface area contributed by atoms with Gasteiger partial charge in [0.15, 0.2) is 0 Å². The van der Waals surface area contributed by atoms with Gasteiger partial charge < -0.3 is 5.73 Å². The minimum atomic E-state index is -3.31. The Morgan fingerprint density at radius 2 is 1.62 bits per heavy atom. The minimum absolute atomic E-state index is 0.0920. The molecular formula is C11H24N2O2S. The molecule has 4 N–H and O–H groups in total. The number of rotatable bonds is 5. The molecule has 5 heteroatoms. The van der Waals surface area contributed by atoms with E-state index in [1.54, 1.807) is 0 Å². The van der Waals surface area contributed by atoms with Crippen LogP contribution in [0.25, 0.3) is 0 Å². The van der Waals surface area contributed by atoms with Crippen molar-refractivity contribution >= 4 is 10.0 Å². The van der Waals surface area contributed by atoms with Gasteiger partial charge >= 0.3 is 0 Å². The molecule has 1 saturated carbocycles. The van der Waals surface area contributed by atoms with E-state index in [-0.39, 0.29) is 11.2 Å². The Kier molecular flexibility index (Phi) is 5.21. The smallest absolute Gasteiger partial charge is 0.209 e. The van der Waals surface area contributed by atoms with Crippen molar-refractivity contribution in [2.24, 2.45) is 16.3 Å². The zero-order chi connectivity index (χ0) is 12.1. The van der Waals surface area contributed by atoms with E-state index in [0.717, 1.165) is 19.3 Å². The predicted molar refractivity (Wildman–Crippen MR) is 66.4 cm³/mol. The Bertz CT molecular complexity index is 293. The average Bonchev–Trinajstić information content (AvgIpc) is 2.42. The van der Waals surface area contributed by atoms with Crippen LogP contribution in [0.1, 0.15) is 51.4 Å². The largest absolute Gasteiger partial charge is 0.330 e. The maximum atomic E-state index is 10.9. The summed E-state index contributed by atoms with van der Waals surface area (Å²) in [6.45, 7) is 0.678. The zero-order valence-electron chi connectivity index (χ0n) is 9.95. The fraction of sp³-hybridized carbons (Fsp3) is 1.00. The lowest BCUT2D eigenvalue weighted by Crippen LogP contribution is -2.31. The van der Waals surface area contributed by atoms with Crippen LogP contribution in [0, 0.1) is 5.41 Å². The van der Waals surface area contributed by atoms with Crippen LogP contribution in [-0.4, -0.2) is 20.7 Å². The van der Waals surface area contributed by atoms with Gasteiger partial charge in [-0.1, -0.05) is 25.7 Å². The van der Waals surface area contributed by atoms with Gasteiger partial charge in [-0.05, 0) is 37.6 Å². The molecule has 0 radical (unpaired) electrons. The van der Waals surface area contributed by atoms with E-state index < -0.39 is 10.0 Å². The molecule has 0 unspecified atom stereocenters. The number of nitrogens with two attached hydrogens (primary N) is 2. The molecule has 1 rings (SSSR count). The highest BCUT2D eigenvalue weighted by atomic mass is 32.2. The zero-order valence-corrected chi connectivity index (χ0v) is 10.8. The van der Waals surface area contributed by atoms with Crippen molar-refractivity contribution < 1.29 is 8.42 Å². The second-order valence-electron chi connectivity index (χ2n) is 5.09. The van der Waals surface area contributed by atoms with Gasteiger partial charge in [0.05, 0.1) is 5.75 Å². The summed E-state index contributed by atoms with van der Waals surface area (Å²) in [5.74, 6) is 0.0920. The van der Waals surface area contributed by atoms with Gasteiger partial charge in [0.25, 0.3) is 0 Å². The molecule has 96 valence electrons. The highest BCUT2D eigenvalue weighted by Gasteiger charge is 2.29. The number of hydrogen-bond donors (Lipinski definition) is 2. The fourth-order valence-corrected chi connectivity index (χ4v) is 3.23. The first-order chi connectivity index (χ1) is 7.47. The second kappa shape index (κ2) is 5.98. The molecule has 4 nitrogen and oxygen atoms in total. The Hall–Kier alpha value is -0.130. The van der Waals surface area contributed by atoms with Crippen LogP contribution in [-0.2, 0) is 10.0 Å². The Balaban J connectivity index is 2.45. The molecule has 16 heavy (non-hydrogen) atoms. The first kappa shape index (κ1) is 13.9. The molecule has 1 fully saturated rings. The summed E-state index contributed by atoms with van der Waals surface area (Å²) in [5.41, 5.74) is 6.06. The number of sulfonamides is 1. The summed E-state index contributed by atoms with van der Waals surface area (Å²) in [5, 5.41) is 5.01. The van der Waals surface area contributed by atoms with E-state index >= 15 is 0 Å². The lowest BCUT2D eigenvalue weighted by molar-refractivity contribution is 0.231. The average molecular weight is 248 g/mol. The third-order valence-electron chi connectivity index (χ3n) is 3.73. The van der Waals surface area contributed by atoms with Gasteiger partial charge in [-0.2, -0.15) is 0 Å². The number of hydrogen-bond acceptors (Lipinski definition) is 3. The maximum Gasteiger partial charge on any atom is 0.209 e. The number of primary sulfonamides is 1. The summed E-state index contributed by atoms with van der Waals surface area (Å²) in [7, 11) is -3.31. The summed E-state index contributed by atoms with van der Waals surface area (Å²) >= 11 is 0. The molecular weight excluding hydrogens is 224 g/mol. The van der Waals surface area contributed by atoms with Gasteiger partial charge in [-0.25, -0.2) is 13.6 Å². The normalized spacial score (nSPS) is 21.6. The third kappa shape index (κ3) is 4.80. The third-order valence-corrected chi connectivity index (χ3v) is 4.59. The van der Waals surface area contributed by atoms with Gasteiger partial charge in [0.2, 0.25) is 10.0 Å². The molecule has 0 aromatic carbocycles. The molecule has 0 spiro atoms. The van der Waals surface area contributed by atoms with E-state index in [0.29, 0.717) is 13.0 Å². The molecule has 0 aromatic heterocycles. The van der Waals surface area contributed by atoms with E-state index in [4.69, 9.17) is 10.9 Å². The van der Waals surface area contributed by atoms with Crippen molar-refractivity contribution in [3.63, 3.8) is 0 Å². The summed E-state index contributed by atoms with van der Waals surface area (Å²) in [6.07, 6.45) is 8.88. The van der Waals surface area contributed by atoms with Crippen molar-refractivity contribution in [2.45, 2.75) is 51.4 Å². The molecule has 0 aliphatic heterocycles. The molecule has 0 heterocycles. The Labute approximate surface area is 98.8 Å². The highest BCUT2D eigenvalue weighted by Crippen LogP contribution is 2.38. The maximum absolute atomic E-state index is 10.9. The van der Waals surface area contributed by atoms with Crippen LogP contribution in [0.15, 0.2) is 0 Å². The lowest BCUT2D eigenvalue weighted by Gasteiger charge is -2.31. The SMILES string of the molecule is NCC1(CCCS(N)(=O)=O)CCCCCC1. The van der Waals surface area contributed by atoms with E-state index in [2.05, 4.69) is 0 Å². The summed E-state index contributed by atoms with van der Waals surface area (Å²) in [6, 6.07) is 0. The van der Waals surface area contributed by atoms with E-state index in [1.165, 1.54) is 25.7 Å². The Morgan fingerprint density at radius 1 is 1.06 bits per heavy atom. The second-order valence-corrected chi connectivity index (χ2v) is 6.82. The van der Waals surface area contributed by atoms with Crippen molar-refractivity contribution in [3.8, 4) is 0 Å². The van der Waals surface area contributed by atoms with Crippen LogP contribution in [0.4, 0.5) is 0 Å². The quantitative estimate of drug-likeness (QED) is 0.720. The molecule has 0 bridgehead atoms. The molecule has 0 saturated heterocycles. The fourth-order valence-electron chi connectivity index (χ4n) is 2.68. The first-order valence-corrected chi connectivity index (χ1v) is 7.90. The summed E-state index contributed by atoms with van der Waals surface area (Å²) < 4.78 is 21.8. The van der Waals surface area contributed by atoms with Crippen molar-refractivity contribution in [2.75, 3.05) is 12.3 Å². The van der Waals surface area contributed by atoms with Gasteiger partial charge in [-0.15, -0.1) is 0 Å².